The Hall–Kier alpha value is -2.01. The largest absolute Gasteiger partial charge is 0.383 e. The van der Waals surface area contributed by atoms with Gasteiger partial charge in [0.1, 0.15) is 0 Å². The Morgan fingerprint density at radius 3 is 2.80 bits per heavy atom. The minimum absolute atomic E-state index is 0.191. The first-order valence-corrected chi connectivity index (χ1v) is 9.73. The van der Waals surface area contributed by atoms with Crippen LogP contribution in [0, 0.1) is 6.92 Å². The van der Waals surface area contributed by atoms with E-state index < -0.39 is 16.1 Å². The van der Waals surface area contributed by atoms with E-state index in [1.165, 1.54) is 24.6 Å². The molecule has 0 fully saturated rings. The maximum absolute atomic E-state index is 12.9. The van der Waals surface area contributed by atoms with E-state index in [9.17, 15) is 8.42 Å². The van der Waals surface area contributed by atoms with Crippen molar-refractivity contribution in [3.8, 4) is 10.6 Å². The molecule has 0 aliphatic heterocycles. The van der Waals surface area contributed by atoms with Crippen LogP contribution in [0.5, 0.6) is 0 Å². The van der Waals surface area contributed by atoms with E-state index in [1.807, 2.05) is 0 Å². The fourth-order valence-corrected chi connectivity index (χ4v) is 5.26. The smallest absolute Gasteiger partial charge is 0.242 e. The van der Waals surface area contributed by atoms with Crippen molar-refractivity contribution in [2.75, 3.05) is 13.7 Å². The normalized spacial score (nSPS) is 13.2. The number of aryl methyl sites for hydroxylation is 2. The van der Waals surface area contributed by atoms with Gasteiger partial charge < -0.3 is 9.26 Å². The Labute approximate surface area is 149 Å². The second kappa shape index (κ2) is 7.08. The molecule has 1 atom stereocenters. The standard InChI is InChI=1S/C15H18N4O4S2/c1-10-15(8-14(24-10)13-5-7-17-23-13)25(20,21)18-11(9-22-3)12-4-6-16-19(12)2/h4-8,11,18H,9H2,1-3H3. The van der Waals surface area contributed by atoms with Crippen LogP contribution in [-0.2, 0) is 21.8 Å². The highest BCUT2D eigenvalue weighted by molar-refractivity contribution is 7.89. The van der Waals surface area contributed by atoms with E-state index in [2.05, 4.69) is 15.0 Å². The number of hydrogen-bond acceptors (Lipinski definition) is 7. The molecule has 3 heterocycles. The number of rotatable bonds is 7. The number of aromatic nitrogens is 3. The van der Waals surface area contributed by atoms with Gasteiger partial charge in [-0.1, -0.05) is 5.16 Å². The minimum Gasteiger partial charge on any atom is -0.383 e. The summed E-state index contributed by atoms with van der Waals surface area (Å²) in [5.41, 5.74) is 0.716. The summed E-state index contributed by atoms with van der Waals surface area (Å²) in [5.74, 6) is 0.537. The SMILES string of the molecule is COCC(NS(=O)(=O)c1cc(-c2ccno2)sc1C)c1ccnn1C. The minimum atomic E-state index is -3.75. The fourth-order valence-electron chi connectivity index (χ4n) is 2.52. The molecular formula is C15H18N4O4S2. The van der Waals surface area contributed by atoms with Crippen molar-refractivity contribution < 1.29 is 17.7 Å². The number of methoxy groups -OCH3 is 1. The number of hydrogen-bond donors (Lipinski definition) is 1. The molecule has 8 nitrogen and oxygen atoms in total. The van der Waals surface area contributed by atoms with Crippen LogP contribution < -0.4 is 4.72 Å². The fraction of sp³-hybridized carbons (Fsp3) is 0.333. The van der Waals surface area contributed by atoms with E-state index in [4.69, 9.17) is 9.26 Å². The van der Waals surface area contributed by atoms with Gasteiger partial charge in [0.05, 0.1) is 34.3 Å². The number of nitrogens with one attached hydrogen (secondary N) is 1. The number of nitrogens with zero attached hydrogens (tertiary/aromatic N) is 3. The molecule has 0 bridgehead atoms. The van der Waals surface area contributed by atoms with Gasteiger partial charge >= 0.3 is 0 Å². The average molecular weight is 382 g/mol. The van der Waals surface area contributed by atoms with Gasteiger partial charge in [-0.25, -0.2) is 8.42 Å². The summed E-state index contributed by atoms with van der Waals surface area (Å²) in [6, 6.07) is 4.50. The molecule has 1 unspecified atom stereocenters. The Bertz CT molecular complexity index is 944. The summed E-state index contributed by atoms with van der Waals surface area (Å²) < 4.78 is 40.4. The van der Waals surface area contributed by atoms with Crippen molar-refractivity contribution in [2.24, 2.45) is 7.05 Å². The van der Waals surface area contributed by atoms with Crippen molar-refractivity contribution >= 4 is 21.4 Å². The van der Waals surface area contributed by atoms with Crippen molar-refractivity contribution in [2.45, 2.75) is 17.9 Å². The summed E-state index contributed by atoms with van der Waals surface area (Å²) in [6.45, 7) is 1.95. The maximum Gasteiger partial charge on any atom is 0.242 e. The summed E-state index contributed by atoms with van der Waals surface area (Å²) in [4.78, 5) is 1.59. The van der Waals surface area contributed by atoms with E-state index in [0.717, 1.165) is 0 Å². The van der Waals surface area contributed by atoms with Gasteiger partial charge in [-0.05, 0) is 19.1 Å². The highest BCUT2D eigenvalue weighted by Crippen LogP contribution is 2.33. The van der Waals surface area contributed by atoms with Gasteiger partial charge in [-0.2, -0.15) is 9.82 Å². The van der Waals surface area contributed by atoms with Crippen molar-refractivity contribution in [3.05, 3.63) is 41.2 Å². The Morgan fingerprint density at radius 2 is 2.20 bits per heavy atom. The van der Waals surface area contributed by atoms with Gasteiger partial charge in [-0.3, -0.25) is 4.68 Å². The second-order valence-corrected chi connectivity index (χ2v) is 8.36. The molecule has 0 spiro atoms. The summed E-state index contributed by atoms with van der Waals surface area (Å²) in [5, 5.41) is 7.74. The highest BCUT2D eigenvalue weighted by Gasteiger charge is 2.27. The van der Waals surface area contributed by atoms with Gasteiger partial charge in [0, 0.05) is 31.3 Å². The molecule has 0 saturated heterocycles. The van der Waals surface area contributed by atoms with Crippen LogP contribution >= 0.6 is 11.3 Å². The first-order valence-electron chi connectivity index (χ1n) is 7.43. The zero-order valence-corrected chi connectivity index (χ0v) is 15.6. The molecule has 3 aromatic rings. The van der Waals surface area contributed by atoms with Crippen molar-refractivity contribution in [1.29, 1.82) is 0 Å². The first-order chi connectivity index (χ1) is 11.9. The van der Waals surface area contributed by atoms with Crippen LogP contribution in [0.2, 0.25) is 0 Å². The van der Waals surface area contributed by atoms with E-state index in [0.29, 0.717) is 21.2 Å². The third kappa shape index (κ3) is 3.66. The highest BCUT2D eigenvalue weighted by atomic mass is 32.2. The second-order valence-electron chi connectivity index (χ2n) is 5.42. The van der Waals surface area contributed by atoms with Crippen LogP contribution in [-0.4, -0.2) is 37.1 Å². The molecule has 0 aliphatic rings. The molecule has 134 valence electrons. The molecule has 0 saturated carbocycles. The van der Waals surface area contributed by atoms with Crippen LogP contribution in [0.15, 0.2) is 40.0 Å². The lowest BCUT2D eigenvalue weighted by Gasteiger charge is -2.18. The lowest BCUT2D eigenvalue weighted by Crippen LogP contribution is -2.32. The lowest BCUT2D eigenvalue weighted by molar-refractivity contribution is 0.172. The van der Waals surface area contributed by atoms with Gasteiger partial charge in [-0.15, -0.1) is 11.3 Å². The zero-order chi connectivity index (χ0) is 18.0. The molecule has 1 N–H and O–H groups in total. The Balaban J connectivity index is 1.92. The van der Waals surface area contributed by atoms with Crippen LogP contribution in [0.4, 0.5) is 0 Å². The third-order valence-electron chi connectivity index (χ3n) is 3.69. The Morgan fingerprint density at radius 1 is 1.40 bits per heavy atom. The third-order valence-corrected chi connectivity index (χ3v) is 6.48. The van der Waals surface area contributed by atoms with Gasteiger partial charge in [0.2, 0.25) is 10.0 Å². The topological polar surface area (TPSA) is 99.2 Å². The number of sulfonamides is 1. The lowest BCUT2D eigenvalue weighted by atomic mass is 10.2. The van der Waals surface area contributed by atoms with Crippen LogP contribution in [0.3, 0.4) is 0 Å². The predicted octanol–water partition coefficient (Wildman–Crippen LogP) is 2.11. The van der Waals surface area contributed by atoms with E-state index in [1.54, 1.807) is 43.0 Å². The molecule has 0 amide bonds. The average Bonchev–Trinajstić information content (AvgIpc) is 3.26. The van der Waals surface area contributed by atoms with Crippen molar-refractivity contribution in [1.82, 2.24) is 19.7 Å². The molecule has 3 rings (SSSR count). The summed E-state index contributed by atoms with van der Waals surface area (Å²) in [7, 11) is -0.471. The molecular weight excluding hydrogens is 364 g/mol. The van der Waals surface area contributed by atoms with E-state index >= 15 is 0 Å². The quantitative estimate of drug-likeness (QED) is 0.672. The molecule has 0 aliphatic carbocycles. The van der Waals surface area contributed by atoms with Crippen LogP contribution in [0.25, 0.3) is 10.6 Å². The Kier molecular flexibility index (Phi) is 5.04. The van der Waals surface area contributed by atoms with Gasteiger partial charge in [0.25, 0.3) is 0 Å². The molecule has 10 heteroatoms. The zero-order valence-electron chi connectivity index (χ0n) is 14.0. The predicted molar refractivity (Wildman–Crippen MR) is 92.7 cm³/mol. The molecule has 25 heavy (non-hydrogen) atoms. The van der Waals surface area contributed by atoms with Crippen LogP contribution in [0.1, 0.15) is 16.6 Å². The summed E-state index contributed by atoms with van der Waals surface area (Å²) >= 11 is 1.34. The first kappa shape index (κ1) is 17.8. The number of thiophene rings is 1. The molecule has 0 radical (unpaired) electrons. The monoisotopic (exact) mass is 382 g/mol. The van der Waals surface area contributed by atoms with Crippen molar-refractivity contribution in [3.63, 3.8) is 0 Å². The maximum atomic E-state index is 12.9. The van der Waals surface area contributed by atoms with E-state index in [-0.39, 0.29) is 11.5 Å². The van der Waals surface area contributed by atoms with Gasteiger partial charge in [0.15, 0.2) is 5.76 Å². The molecule has 3 aromatic heterocycles. The number of ether oxygens (including phenoxy) is 1. The molecule has 0 aromatic carbocycles. The summed E-state index contributed by atoms with van der Waals surface area (Å²) in [6.07, 6.45) is 3.14.